The van der Waals surface area contributed by atoms with Gasteiger partial charge in [0.05, 0.1) is 18.8 Å². The molecule has 1 atom stereocenters. The summed E-state index contributed by atoms with van der Waals surface area (Å²) in [5.74, 6) is 2.57. The molecule has 0 spiro atoms. The molecule has 0 saturated carbocycles. The van der Waals surface area contributed by atoms with Crippen LogP contribution < -0.4 is 0 Å². The Morgan fingerprint density at radius 2 is 2.47 bits per heavy atom. The van der Waals surface area contributed by atoms with E-state index in [4.69, 9.17) is 4.42 Å². The Balaban J connectivity index is 1.74. The molecule has 1 N–H and O–H groups in total. The first-order valence-electron chi connectivity index (χ1n) is 5.83. The van der Waals surface area contributed by atoms with Gasteiger partial charge in [0.15, 0.2) is 5.89 Å². The molecular formula is C11H15N5O. The number of oxazole rings is 1. The molecule has 1 fully saturated rings. The van der Waals surface area contributed by atoms with Gasteiger partial charge in [0.25, 0.3) is 0 Å². The SMILES string of the molecule is Cc1ncc(CN2CCC[C@H]2c2ncn[nH]2)o1. The van der Waals surface area contributed by atoms with Crippen LogP contribution in [0.5, 0.6) is 0 Å². The highest BCUT2D eigenvalue weighted by Gasteiger charge is 2.28. The molecule has 0 amide bonds. The van der Waals surface area contributed by atoms with Crippen molar-refractivity contribution < 1.29 is 4.42 Å². The molecule has 0 aliphatic carbocycles. The Morgan fingerprint density at radius 3 is 3.18 bits per heavy atom. The Morgan fingerprint density at radius 1 is 1.53 bits per heavy atom. The first kappa shape index (κ1) is 10.5. The van der Waals surface area contributed by atoms with Crippen LogP contribution in [0, 0.1) is 6.92 Å². The number of nitrogens with one attached hydrogen (secondary N) is 1. The van der Waals surface area contributed by atoms with Gasteiger partial charge in [-0.15, -0.1) is 0 Å². The standard InChI is InChI=1S/C11H15N5O/c1-8-12-5-9(17-8)6-16-4-2-3-10(16)11-13-7-14-15-11/h5,7,10H,2-4,6H2,1H3,(H,13,14,15)/t10-/m0/s1. The molecule has 1 aliphatic rings. The highest BCUT2D eigenvalue weighted by molar-refractivity contribution is 5.00. The van der Waals surface area contributed by atoms with E-state index in [9.17, 15) is 0 Å². The molecule has 0 radical (unpaired) electrons. The predicted octanol–water partition coefficient (Wildman–Crippen LogP) is 1.44. The third-order valence-electron chi connectivity index (χ3n) is 3.14. The van der Waals surface area contributed by atoms with Gasteiger partial charge in [-0.3, -0.25) is 10.00 Å². The first-order chi connectivity index (χ1) is 8.33. The van der Waals surface area contributed by atoms with E-state index in [1.165, 1.54) is 6.42 Å². The van der Waals surface area contributed by atoms with Crippen LogP contribution >= 0.6 is 0 Å². The minimum absolute atomic E-state index is 0.322. The molecule has 6 heteroatoms. The normalized spacial score (nSPS) is 21.1. The number of aryl methyl sites for hydroxylation is 1. The molecule has 0 bridgehead atoms. The third kappa shape index (κ3) is 2.08. The summed E-state index contributed by atoms with van der Waals surface area (Å²) in [6.45, 7) is 3.71. The number of aromatic nitrogens is 4. The highest BCUT2D eigenvalue weighted by atomic mass is 16.4. The number of nitrogens with zero attached hydrogens (tertiary/aromatic N) is 4. The van der Waals surface area contributed by atoms with E-state index >= 15 is 0 Å². The van der Waals surface area contributed by atoms with Gasteiger partial charge in [-0.2, -0.15) is 5.10 Å². The maximum absolute atomic E-state index is 5.51. The van der Waals surface area contributed by atoms with Gasteiger partial charge in [-0.1, -0.05) is 0 Å². The fourth-order valence-corrected chi connectivity index (χ4v) is 2.38. The highest BCUT2D eigenvalue weighted by Crippen LogP contribution is 2.30. The molecule has 6 nitrogen and oxygen atoms in total. The molecule has 3 heterocycles. The van der Waals surface area contributed by atoms with E-state index in [1.807, 2.05) is 6.92 Å². The Bertz CT molecular complexity index is 478. The maximum atomic E-state index is 5.51. The largest absolute Gasteiger partial charge is 0.445 e. The second-order valence-electron chi connectivity index (χ2n) is 4.34. The van der Waals surface area contributed by atoms with Gasteiger partial charge >= 0.3 is 0 Å². The van der Waals surface area contributed by atoms with Gasteiger partial charge in [-0.05, 0) is 19.4 Å². The van der Waals surface area contributed by atoms with Crippen molar-refractivity contribution in [3.63, 3.8) is 0 Å². The lowest BCUT2D eigenvalue weighted by molar-refractivity contribution is 0.219. The van der Waals surface area contributed by atoms with Crippen LogP contribution in [0.25, 0.3) is 0 Å². The lowest BCUT2D eigenvalue weighted by Gasteiger charge is -2.20. The van der Waals surface area contributed by atoms with Crippen molar-refractivity contribution in [1.29, 1.82) is 0 Å². The average Bonchev–Trinajstić information content (AvgIpc) is 3.00. The Kier molecular flexibility index (Phi) is 2.64. The molecule has 1 aliphatic heterocycles. The minimum atomic E-state index is 0.322. The molecule has 3 rings (SSSR count). The summed E-state index contributed by atoms with van der Waals surface area (Å²) in [5, 5.41) is 6.86. The van der Waals surface area contributed by atoms with Crippen molar-refractivity contribution in [1.82, 2.24) is 25.1 Å². The number of hydrogen-bond acceptors (Lipinski definition) is 5. The zero-order valence-electron chi connectivity index (χ0n) is 9.76. The molecule has 2 aromatic rings. The zero-order chi connectivity index (χ0) is 11.7. The molecule has 1 saturated heterocycles. The molecule has 17 heavy (non-hydrogen) atoms. The number of hydrogen-bond donors (Lipinski definition) is 1. The summed E-state index contributed by atoms with van der Waals surface area (Å²) in [7, 11) is 0. The summed E-state index contributed by atoms with van der Waals surface area (Å²) in [4.78, 5) is 10.7. The van der Waals surface area contributed by atoms with E-state index in [1.54, 1.807) is 12.5 Å². The monoisotopic (exact) mass is 233 g/mol. The minimum Gasteiger partial charge on any atom is -0.445 e. The number of likely N-dealkylation sites (tertiary alicyclic amines) is 1. The van der Waals surface area contributed by atoms with Gasteiger partial charge in [0.2, 0.25) is 0 Å². The summed E-state index contributed by atoms with van der Waals surface area (Å²) >= 11 is 0. The van der Waals surface area contributed by atoms with Gasteiger partial charge in [-0.25, -0.2) is 9.97 Å². The molecule has 2 aromatic heterocycles. The van der Waals surface area contributed by atoms with Crippen molar-refractivity contribution in [2.75, 3.05) is 6.54 Å². The number of rotatable bonds is 3. The quantitative estimate of drug-likeness (QED) is 0.868. The lowest BCUT2D eigenvalue weighted by atomic mass is 10.2. The van der Waals surface area contributed by atoms with Crippen LogP contribution in [0.4, 0.5) is 0 Å². The van der Waals surface area contributed by atoms with Crippen molar-refractivity contribution in [3.8, 4) is 0 Å². The molecule has 0 unspecified atom stereocenters. The summed E-state index contributed by atoms with van der Waals surface area (Å²) in [6, 6.07) is 0.322. The number of H-pyrrole nitrogens is 1. The van der Waals surface area contributed by atoms with Gasteiger partial charge in [0.1, 0.15) is 17.9 Å². The van der Waals surface area contributed by atoms with Crippen LogP contribution in [0.15, 0.2) is 16.9 Å². The van der Waals surface area contributed by atoms with Crippen LogP contribution in [0.2, 0.25) is 0 Å². The second-order valence-corrected chi connectivity index (χ2v) is 4.34. The Hall–Kier alpha value is -1.69. The zero-order valence-corrected chi connectivity index (χ0v) is 9.76. The predicted molar refractivity (Wildman–Crippen MR) is 60.0 cm³/mol. The Labute approximate surface area is 99.1 Å². The fraction of sp³-hybridized carbons (Fsp3) is 0.545. The van der Waals surface area contributed by atoms with Crippen molar-refractivity contribution >= 4 is 0 Å². The van der Waals surface area contributed by atoms with E-state index in [0.29, 0.717) is 6.04 Å². The molecular weight excluding hydrogens is 218 g/mol. The van der Waals surface area contributed by atoms with Crippen molar-refractivity contribution in [2.45, 2.75) is 32.4 Å². The summed E-state index contributed by atoms with van der Waals surface area (Å²) in [5.41, 5.74) is 0. The van der Waals surface area contributed by atoms with Crippen molar-refractivity contribution in [2.24, 2.45) is 0 Å². The maximum Gasteiger partial charge on any atom is 0.191 e. The molecule has 90 valence electrons. The van der Waals surface area contributed by atoms with E-state index in [2.05, 4.69) is 25.1 Å². The third-order valence-corrected chi connectivity index (χ3v) is 3.14. The first-order valence-corrected chi connectivity index (χ1v) is 5.83. The van der Waals surface area contributed by atoms with E-state index < -0.39 is 0 Å². The van der Waals surface area contributed by atoms with Crippen LogP contribution in [-0.2, 0) is 6.54 Å². The average molecular weight is 233 g/mol. The fourth-order valence-electron chi connectivity index (χ4n) is 2.38. The van der Waals surface area contributed by atoms with Crippen molar-refractivity contribution in [3.05, 3.63) is 30.0 Å². The van der Waals surface area contributed by atoms with Crippen LogP contribution in [0.1, 0.15) is 36.4 Å². The van der Waals surface area contributed by atoms with E-state index in [0.717, 1.165) is 37.0 Å². The van der Waals surface area contributed by atoms with Crippen LogP contribution in [-0.4, -0.2) is 31.6 Å². The van der Waals surface area contributed by atoms with Crippen LogP contribution in [0.3, 0.4) is 0 Å². The topological polar surface area (TPSA) is 70.8 Å². The lowest BCUT2D eigenvalue weighted by Crippen LogP contribution is -2.23. The summed E-state index contributed by atoms with van der Waals surface area (Å²) in [6.07, 6.45) is 5.65. The molecule has 0 aromatic carbocycles. The van der Waals surface area contributed by atoms with E-state index in [-0.39, 0.29) is 0 Å². The number of aromatic amines is 1. The second kappa shape index (κ2) is 4.29. The summed E-state index contributed by atoms with van der Waals surface area (Å²) < 4.78 is 5.51. The van der Waals surface area contributed by atoms with Gasteiger partial charge < -0.3 is 4.42 Å². The van der Waals surface area contributed by atoms with Gasteiger partial charge in [0, 0.05) is 6.92 Å². The smallest absolute Gasteiger partial charge is 0.191 e.